The van der Waals surface area contributed by atoms with Crippen LogP contribution in [0.15, 0.2) is 48.9 Å². The Morgan fingerprint density at radius 1 is 1.32 bits per heavy atom. The Balaban J connectivity index is 0.000000516. The lowest BCUT2D eigenvalue weighted by Crippen LogP contribution is -2.25. The van der Waals surface area contributed by atoms with Crippen LogP contribution in [0.5, 0.6) is 11.5 Å². The van der Waals surface area contributed by atoms with E-state index in [0.29, 0.717) is 12.4 Å². The number of para-hydroxylation sites is 1. The molecule has 3 N–H and O–H groups in total. The third-order valence-electron chi connectivity index (χ3n) is 4.26. The molecule has 1 aromatic carbocycles. The van der Waals surface area contributed by atoms with E-state index in [9.17, 15) is 0 Å². The SMILES string of the molecule is CC(=O)O.COc1cccc2c1OCC(n1ccnc1-c1ccnc(N)c1)C2. The first-order valence-corrected chi connectivity index (χ1v) is 8.72. The molecular formula is C20H22N4O4. The summed E-state index contributed by atoms with van der Waals surface area (Å²) in [6.07, 6.45) is 6.33. The van der Waals surface area contributed by atoms with Gasteiger partial charge in [0.05, 0.1) is 13.2 Å². The van der Waals surface area contributed by atoms with Crippen molar-refractivity contribution in [3.63, 3.8) is 0 Å². The molecular weight excluding hydrogens is 360 g/mol. The Labute approximate surface area is 162 Å². The summed E-state index contributed by atoms with van der Waals surface area (Å²) in [5.74, 6) is 2.13. The monoisotopic (exact) mass is 382 g/mol. The van der Waals surface area contributed by atoms with Crippen molar-refractivity contribution < 1.29 is 19.4 Å². The first-order chi connectivity index (χ1) is 13.5. The lowest BCUT2D eigenvalue weighted by Gasteiger charge is -2.28. The molecule has 1 atom stereocenters. The number of fused-ring (bicyclic) bond motifs is 1. The summed E-state index contributed by atoms with van der Waals surface area (Å²) < 4.78 is 13.5. The molecule has 8 nitrogen and oxygen atoms in total. The molecule has 0 radical (unpaired) electrons. The van der Waals surface area contributed by atoms with Gasteiger partial charge in [0.15, 0.2) is 11.5 Å². The second-order valence-electron chi connectivity index (χ2n) is 6.26. The number of hydrogen-bond acceptors (Lipinski definition) is 6. The molecule has 2 aromatic heterocycles. The zero-order valence-corrected chi connectivity index (χ0v) is 15.7. The molecule has 3 aromatic rings. The minimum absolute atomic E-state index is 0.163. The number of methoxy groups -OCH3 is 1. The number of carbonyl (C=O) groups is 1. The highest BCUT2D eigenvalue weighted by molar-refractivity contribution is 5.63. The number of nitrogens with two attached hydrogens (primary N) is 1. The molecule has 4 rings (SSSR count). The van der Waals surface area contributed by atoms with Crippen LogP contribution >= 0.6 is 0 Å². The fraction of sp³-hybridized carbons (Fsp3) is 0.250. The highest BCUT2D eigenvalue weighted by Gasteiger charge is 2.25. The van der Waals surface area contributed by atoms with Gasteiger partial charge in [0.25, 0.3) is 5.97 Å². The smallest absolute Gasteiger partial charge is 0.300 e. The standard InChI is InChI=1S/C18H18N4O2.C2H4O2/c1-23-15-4-2-3-12-9-14(11-24-17(12)15)22-8-7-21-18(22)13-5-6-20-16(19)10-13;1-2(3)4/h2-8,10,14H,9,11H2,1H3,(H2,19,20);1H3,(H,3,4). The molecule has 3 heterocycles. The second kappa shape index (κ2) is 8.43. The van der Waals surface area contributed by atoms with Crippen LogP contribution in [0.2, 0.25) is 0 Å². The number of carboxylic acids is 1. The first-order valence-electron chi connectivity index (χ1n) is 8.72. The number of benzene rings is 1. The van der Waals surface area contributed by atoms with E-state index in [1.54, 1.807) is 19.5 Å². The molecule has 0 spiro atoms. The fourth-order valence-electron chi connectivity index (χ4n) is 3.14. The van der Waals surface area contributed by atoms with Crippen LogP contribution in [0.4, 0.5) is 5.82 Å². The van der Waals surface area contributed by atoms with Crippen LogP contribution in [0, 0.1) is 0 Å². The van der Waals surface area contributed by atoms with E-state index in [1.165, 1.54) is 0 Å². The van der Waals surface area contributed by atoms with E-state index in [2.05, 4.69) is 20.6 Å². The quantitative estimate of drug-likeness (QED) is 0.716. The molecule has 0 saturated carbocycles. The molecule has 146 valence electrons. The first kappa shape index (κ1) is 19.2. The van der Waals surface area contributed by atoms with Crippen molar-refractivity contribution in [2.24, 2.45) is 0 Å². The van der Waals surface area contributed by atoms with Crippen LogP contribution < -0.4 is 15.2 Å². The van der Waals surface area contributed by atoms with Crippen LogP contribution in [0.3, 0.4) is 0 Å². The average Bonchev–Trinajstić information content (AvgIpc) is 3.16. The Morgan fingerprint density at radius 3 is 2.82 bits per heavy atom. The Hall–Kier alpha value is -3.55. The zero-order chi connectivity index (χ0) is 20.1. The number of aliphatic carboxylic acids is 1. The zero-order valence-electron chi connectivity index (χ0n) is 15.7. The van der Waals surface area contributed by atoms with Gasteiger partial charge < -0.3 is 24.9 Å². The minimum atomic E-state index is -0.833. The van der Waals surface area contributed by atoms with Gasteiger partial charge in [0, 0.05) is 43.1 Å². The van der Waals surface area contributed by atoms with E-state index in [4.69, 9.17) is 25.1 Å². The third kappa shape index (κ3) is 4.22. The number of carboxylic acid groups (broad SMARTS) is 1. The van der Waals surface area contributed by atoms with Crippen LogP contribution in [0.25, 0.3) is 11.4 Å². The average molecular weight is 382 g/mol. The van der Waals surface area contributed by atoms with Gasteiger partial charge in [-0.1, -0.05) is 12.1 Å². The van der Waals surface area contributed by atoms with Crippen molar-refractivity contribution in [2.75, 3.05) is 19.5 Å². The van der Waals surface area contributed by atoms with Gasteiger partial charge in [-0.05, 0) is 18.2 Å². The number of nitrogens with zero attached hydrogens (tertiary/aromatic N) is 3. The Bertz CT molecular complexity index is 966. The maximum Gasteiger partial charge on any atom is 0.300 e. The number of ether oxygens (including phenoxy) is 2. The largest absolute Gasteiger partial charge is 0.493 e. The summed E-state index contributed by atoms with van der Waals surface area (Å²) in [6, 6.07) is 9.89. The van der Waals surface area contributed by atoms with Gasteiger partial charge in [0.1, 0.15) is 18.2 Å². The molecule has 0 saturated heterocycles. The Kier molecular flexibility index (Phi) is 5.78. The molecule has 1 aliphatic heterocycles. The van der Waals surface area contributed by atoms with E-state index in [1.807, 2.05) is 30.5 Å². The lowest BCUT2D eigenvalue weighted by molar-refractivity contribution is -0.134. The number of nitrogen functional groups attached to an aromatic ring is 1. The summed E-state index contributed by atoms with van der Waals surface area (Å²) in [7, 11) is 1.66. The fourth-order valence-corrected chi connectivity index (χ4v) is 3.14. The molecule has 1 unspecified atom stereocenters. The third-order valence-corrected chi connectivity index (χ3v) is 4.26. The number of rotatable bonds is 3. The maximum atomic E-state index is 9.00. The predicted molar refractivity (Wildman–Crippen MR) is 104 cm³/mol. The maximum absolute atomic E-state index is 9.00. The van der Waals surface area contributed by atoms with E-state index in [0.717, 1.165) is 41.8 Å². The normalized spacial score (nSPS) is 14.9. The summed E-state index contributed by atoms with van der Waals surface area (Å²) in [6.45, 7) is 1.65. The molecule has 0 amide bonds. The molecule has 28 heavy (non-hydrogen) atoms. The van der Waals surface area contributed by atoms with Gasteiger partial charge >= 0.3 is 0 Å². The van der Waals surface area contributed by atoms with Crippen molar-refractivity contribution in [2.45, 2.75) is 19.4 Å². The number of hydrogen-bond donors (Lipinski definition) is 2. The number of aromatic nitrogens is 3. The van der Waals surface area contributed by atoms with Crippen molar-refractivity contribution in [1.29, 1.82) is 0 Å². The summed E-state index contributed by atoms with van der Waals surface area (Å²) in [5, 5.41) is 7.42. The van der Waals surface area contributed by atoms with Crippen LogP contribution in [-0.4, -0.2) is 39.3 Å². The summed E-state index contributed by atoms with van der Waals surface area (Å²) >= 11 is 0. The molecule has 0 bridgehead atoms. The lowest BCUT2D eigenvalue weighted by atomic mass is 10.0. The van der Waals surface area contributed by atoms with Crippen molar-refractivity contribution in [1.82, 2.24) is 14.5 Å². The molecule has 1 aliphatic rings. The second-order valence-corrected chi connectivity index (χ2v) is 6.26. The van der Waals surface area contributed by atoms with Crippen molar-refractivity contribution in [3.05, 3.63) is 54.5 Å². The highest BCUT2D eigenvalue weighted by atomic mass is 16.5. The van der Waals surface area contributed by atoms with Crippen molar-refractivity contribution >= 4 is 11.8 Å². The van der Waals surface area contributed by atoms with Gasteiger partial charge in [-0.15, -0.1) is 0 Å². The predicted octanol–water partition coefficient (Wildman–Crippen LogP) is 2.80. The highest BCUT2D eigenvalue weighted by Crippen LogP contribution is 2.38. The van der Waals surface area contributed by atoms with Crippen molar-refractivity contribution in [3.8, 4) is 22.9 Å². The number of pyridine rings is 1. The van der Waals surface area contributed by atoms with Crippen LogP contribution in [0.1, 0.15) is 18.5 Å². The van der Waals surface area contributed by atoms with E-state index >= 15 is 0 Å². The number of anilines is 1. The van der Waals surface area contributed by atoms with E-state index < -0.39 is 5.97 Å². The van der Waals surface area contributed by atoms with Gasteiger partial charge in [0.2, 0.25) is 0 Å². The molecule has 8 heteroatoms. The van der Waals surface area contributed by atoms with Gasteiger partial charge in [-0.25, -0.2) is 9.97 Å². The summed E-state index contributed by atoms with van der Waals surface area (Å²) in [5.41, 5.74) is 7.89. The molecule has 0 aliphatic carbocycles. The number of imidazole rings is 1. The van der Waals surface area contributed by atoms with Gasteiger partial charge in [-0.2, -0.15) is 0 Å². The topological polar surface area (TPSA) is 112 Å². The molecule has 0 fully saturated rings. The van der Waals surface area contributed by atoms with Crippen LogP contribution in [-0.2, 0) is 11.2 Å². The summed E-state index contributed by atoms with van der Waals surface area (Å²) in [4.78, 5) is 17.5. The minimum Gasteiger partial charge on any atom is -0.493 e. The van der Waals surface area contributed by atoms with E-state index in [-0.39, 0.29) is 6.04 Å². The Morgan fingerprint density at radius 2 is 2.11 bits per heavy atom. The van der Waals surface area contributed by atoms with Gasteiger partial charge in [-0.3, -0.25) is 4.79 Å².